The van der Waals surface area contributed by atoms with Gasteiger partial charge in [0.05, 0.1) is 5.75 Å². The van der Waals surface area contributed by atoms with Crippen LogP contribution in [0.3, 0.4) is 0 Å². The van der Waals surface area contributed by atoms with Crippen LogP contribution in [0, 0.1) is 0 Å². The summed E-state index contributed by atoms with van der Waals surface area (Å²) in [6, 6.07) is 7.66. The Bertz CT molecular complexity index is 352. The molecular weight excluding hydrogens is 230 g/mol. The number of carbonyl (C=O) groups excluding carboxylic acids is 1. The van der Waals surface area contributed by atoms with Gasteiger partial charge in [0, 0.05) is 23.9 Å². The van der Waals surface area contributed by atoms with Crippen LogP contribution >= 0.6 is 23.4 Å². The van der Waals surface area contributed by atoms with E-state index in [2.05, 4.69) is 0 Å². The number of benzene rings is 1. The molecule has 0 atom stereocenters. The molecule has 0 N–H and O–H groups in total. The first-order valence-corrected chi connectivity index (χ1v) is 6.39. The Kier molecular flexibility index (Phi) is 3.54. The van der Waals surface area contributed by atoms with Crippen molar-refractivity contribution in [3.63, 3.8) is 0 Å². The van der Waals surface area contributed by atoms with Crippen LogP contribution in [0.2, 0.25) is 5.02 Å². The third-order valence-corrected chi connectivity index (χ3v) is 3.54. The van der Waals surface area contributed by atoms with Gasteiger partial charge in [0.2, 0.25) is 5.91 Å². The average Bonchev–Trinajstić information content (AvgIpc) is 2.25. The first kappa shape index (κ1) is 10.8. The summed E-state index contributed by atoms with van der Waals surface area (Å²) in [6.45, 7) is 1.56. The Balaban J connectivity index is 2.01. The Morgan fingerprint density at radius 3 is 2.73 bits per heavy atom. The van der Waals surface area contributed by atoms with E-state index in [0.29, 0.717) is 12.3 Å². The van der Waals surface area contributed by atoms with E-state index in [0.717, 1.165) is 22.9 Å². The largest absolute Gasteiger partial charge is 0.337 e. The van der Waals surface area contributed by atoms with E-state index < -0.39 is 0 Å². The molecule has 4 heteroatoms. The summed E-state index contributed by atoms with van der Waals surface area (Å²) in [6.07, 6.45) is 0. The summed E-state index contributed by atoms with van der Waals surface area (Å²) in [5.41, 5.74) is 1.14. The van der Waals surface area contributed by atoms with Crippen molar-refractivity contribution in [2.45, 2.75) is 6.54 Å². The second-order valence-corrected chi connectivity index (χ2v) is 5.04. The number of carbonyl (C=O) groups is 1. The van der Waals surface area contributed by atoms with Gasteiger partial charge in [-0.05, 0) is 17.7 Å². The summed E-state index contributed by atoms with van der Waals surface area (Å²) in [7, 11) is 0. The molecule has 1 fully saturated rings. The lowest BCUT2D eigenvalue weighted by atomic mass is 10.2. The fourth-order valence-electron chi connectivity index (χ4n) is 1.53. The summed E-state index contributed by atoms with van der Waals surface area (Å²) in [4.78, 5) is 13.4. The highest BCUT2D eigenvalue weighted by Gasteiger charge is 2.17. The maximum absolute atomic E-state index is 11.5. The third-order valence-electron chi connectivity index (χ3n) is 2.37. The molecule has 0 saturated carbocycles. The van der Waals surface area contributed by atoms with Crippen molar-refractivity contribution in [2.24, 2.45) is 0 Å². The summed E-state index contributed by atoms with van der Waals surface area (Å²) in [5, 5.41) is 0.735. The van der Waals surface area contributed by atoms with Gasteiger partial charge < -0.3 is 4.90 Å². The summed E-state index contributed by atoms with van der Waals surface area (Å²) < 4.78 is 0. The summed E-state index contributed by atoms with van der Waals surface area (Å²) in [5.74, 6) is 1.90. The minimum Gasteiger partial charge on any atom is -0.337 e. The van der Waals surface area contributed by atoms with Gasteiger partial charge in [0.25, 0.3) is 0 Å². The van der Waals surface area contributed by atoms with Crippen molar-refractivity contribution in [1.29, 1.82) is 0 Å². The lowest BCUT2D eigenvalue weighted by Crippen LogP contribution is -2.37. The predicted octanol–water partition coefficient (Wildman–Crippen LogP) is 2.42. The molecule has 2 nitrogen and oxygen atoms in total. The maximum Gasteiger partial charge on any atom is 0.232 e. The second kappa shape index (κ2) is 4.90. The SMILES string of the molecule is O=C1CSCCN1Cc1ccc(Cl)cc1. The highest BCUT2D eigenvalue weighted by atomic mass is 35.5. The van der Waals surface area contributed by atoms with E-state index in [1.165, 1.54) is 0 Å². The number of nitrogens with zero attached hydrogens (tertiary/aromatic N) is 1. The lowest BCUT2D eigenvalue weighted by Gasteiger charge is -2.26. The Morgan fingerprint density at radius 1 is 1.33 bits per heavy atom. The van der Waals surface area contributed by atoms with Gasteiger partial charge in [-0.1, -0.05) is 23.7 Å². The molecule has 1 aliphatic rings. The molecule has 1 aliphatic heterocycles. The van der Waals surface area contributed by atoms with E-state index in [1.807, 2.05) is 29.2 Å². The molecule has 1 heterocycles. The number of hydrogen-bond acceptors (Lipinski definition) is 2. The van der Waals surface area contributed by atoms with Gasteiger partial charge in [0.15, 0.2) is 0 Å². The molecule has 1 aromatic rings. The molecule has 2 rings (SSSR count). The molecule has 15 heavy (non-hydrogen) atoms. The highest BCUT2D eigenvalue weighted by molar-refractivity contribution is 8.00. The number of halogens is 1. The molecule has 1 amide bonds. The highest BCUT2D eigenvalue weighted by Crippen LogP contribution is 2.15. The average molecular weight is 242 g/mol. The fraction of sp³-hybridized carbons (Fsp3) is 0.364. The topological polar surface area (TPSA) is 20.3 Å². The fourth-order valence-corrected chi connectivity index (χ4v) is 2.50. The number of thioether (sulfide) groups is 1. The van der Waals surface area contributed by atoms with Crippen molar-refractivity contribution >= 4 is 29.3 Å². The van der Waals surface area contributed by atoms with Crippen LogP contribution in [-0.4, -0.2) is 28.9 Å². The maximum atomic E-state index is 11.5. The molecular formula is C11H12ClNOS. The van der Waals surface area contributed by atoms with Gasteiger partial charge in [-0.2, -0.15) is 11.8 Å². The van der Waals surface area contributed by atoms with Crippen LogP contribution in [0.25, 0.3) is 0 Å². The van der Waals surface area contributed by atoms with E-state index in [1.54, 1.807) is 11.8 Å². The number of amides is 1. The molecule has 0 bridgehead atoms. The van der Waals surface area contributed by atoms with Crippen molar-refractivity contribution in [1.82, 2.24) is 4.90 Å². The molecule has 80 valence electrons. The monoisotopic (exact) mass is 241 g/mol. The number of hydrogen-bond donors (Lipinski definition) is 0. The Labute approximate surface area is 98.6 Å². The van der Waals surface area contributed by atoms with Crippen LogP contribution in [0.5, 0.6) is 0 Å². The Hall–Kier alpha value is -0.670. The molecule has 0 aliphatic carbocycles. The zero-order chi connectivity index (χ0) is 10.7. The third kappa shape index (κ3) is 2.89. The normalized spacial score (nSPS) is 16.9. The standard InChI is InChI=1S/C11H12ClNOS/c12-10-3-1-9(2-4-10)7-13-5-6-15-8-11(13)14/h1-4H,5-8H2. The van der Waals surface area contributed by atoms with Crippen LogP contribution in [-0.2, 0) is 11.3 Å². The number of rotatable bonds is 2. The molecule has 0 unspecified atom stereocenters. The van der Waals surface area contributed by atoms with Gasteiger partial charge in [-0.15, -0.1) is 0 Å². The van der Waals surface area contributed by atoms with Gasteiger partial charge >= 0.3 is 0 Å². The minimum atomic E-state index is 0.237. The smallest absolute Gasteiger partial charge is 0.232 e. The van der Waals surface area contributed by atoms with E-state index in [9.17, 15) is 4.79 Å². The lowest BCUT2D eigenvalue weighted by molar-refractivity contribution is -0.129. The molecule has 0 radical (unpaired) electrons. The van der Waals surface area contributed by atoms with Gasteiger partial charge in [0.1, 0.15) is 0 Å². The van der Waals surface area contributed by atoms with Crippen molar-refractivity contribution in [3.8, 4) is 0 Å². The second-order valence-electron chi connectivity index (χ2n) is 3.49. The van der Waals surface area contributed by atoms with Crippen molar-refractivity contribution < 1.29 is 4.79 Å². The van der Waals surface area contributed by atoms with Gasteiger partial charge in [-0.25, -0.2) is 0 Å². The van der Waals surface area contributed by atoms with E-state index >= 15 is 0 Å². The minimum absolute atomic E-state index is 0.237. The first-order chi connectivity index (χ1) is 7.25. The van der Waals surface area contributed by atoms with Crippen LogP contribution in [0.15, 0.2) is 24.3 Å². The Morgan fingerprint density at radius 2 is 2.07 bits per heavy atom. The zero-order valence-corrected chi connectivity index (χ0v) is 9.85. The van der Waals surface area contributed by atoms with E-state index in [-0.39, 0.29) is 5.91 Å². The van der Waals surface area contributed by atoms with E-state index in [4.69, 9.17) is 11.6 Å². The molecule has 0 aromatic heterocycles. The van der Waals surface area contributed by atoms with Gasteiger partial charge in [-0.3, -0.25) is 4.79 Å². The zero-order valence-electron chi connectivity index (χ0n) is 8.28. The van der Waals surface area contributed by atoms with Crippen molar-refractivity contribution in [3.05, 3.63) is 34.9 Å². The van der Waals surface area contributed by atoms with Crippen LogP contribution in [0.1, 0.15) is 5.56 Å². The predicted molar refractivity (Wildman–Crippen MR) is 64.2 cm³/mol. The molecule has 0 spiro atoms. The summed E-state index contributed by atoms with van der Waals surface area (Å²) >= 11 is 7.51. The first-order valence-electron chi connectivity index (χ1n) is 4.85. The molecule has 1 saturated heterocycles. The van der Waals surface area contributed by atoms with Crippen LogP contribution < -0.4 is 0 Å². The quantitative estimate of drug-likeness (QED) is 0.793. The molecule has 1 aromatic carbocycles. The van der Waals surface area contributed by atoms with Crippen molar-refractivity contribution in [2.75, 3.05) is 18.1 Å². The van der Waals surface area contributed by atoms with Crippen LogP contribution in [0.4, 0.5) is 0 Å².